The maximum atomic E-state index is 11.2. The van der Waals surface area contributed by atoms with Gasteiger partial charge in [-0.1, -0.05) is 45.4 Å². The molecule has 0 rings (SSSR count). The van der Waals surface area contributed by atoms with Crippen LogP contribution in [0.1, 0.15) is 58.3 Å². The third kappa shape index (κ3) is 11.5. The quantitative estimate of drug-likeness (QED) is 0.381. The number of carbonyl (C=O) groups is 2. The molecule has 0 bridgehead atoms. The third-order valence-electron chi connectivity index (χ3n) is 2.47. The van der Waals surface area contributed by atoms with Crippen molar-refractivity contribution in [2.75, 3.05) is 5.88 Å². The Morgan fingerprint density at radius 2 is 1.41 bits per heavy atom. The molecule has 0 unspecified atom stereocenters. The van der Waals surface area contributed by atoms with Crippen molar-refractivity contribution >= 4 is 23.4 Å². The Morgan fingerprint density at radius 3 is 2.00 bits per heavy atom. The van der Waals surface area contributed by atoms with E-state index in [1.807, 2.05) is 0 Å². The molecule has 0 atom stereocenters. The first kappa shape index (κ1) is 16.2. The number of amides is 2. The third-order valence-corrected chi connectivity index (χ3v) is 2.71. The minimum atomic E-state index is -0.389. The number of carbonyl (C=O) groups excluding carboxylic acids is 2. The Morgan fingerprint density at radius 1 is 0.882 bits per heavy atom. The van der Waals surface area contributed by atoms with Crippen molar-refractivity contribution in [1.82, 2.24) is 10.9 Å². The lowest BCUT2D eigenvalue weighted by Crippen LogP contribution is -2.42. The van der Waals surface area contributed by atoms with Gasteiger partial charge in [-0.15, -0.1) is 11.6 Å². The predicted octanol–water partition coefficient (Wildman–Crippen LogP) is 2.51. The molecule has 4 nitrogen and oxygen atoms in total. The second kappa shape index (κ2) is 11.7. The van der Waals surface area contributed by atoms with Crippen LogP contribution >= 0.6 is 11.6 Å². The Labute approximate surface area is 108 Å². The summed E-state index contributed by atoms with van der Waals surface area (Å²) in [6, 6.07) is 0. The summed E-state index contributed by atoms with van der Waals surface area (Å²) >= 11 is 5.26. The number of nitrogens with one attached hydrogen (secondary N) is 2. The second-order valence-electron chi connectivity index (χ2n) is 4.10. The van der Waals surface area contributed by atoms with E-state index < -0.39 is 0 Å². The lowest BCUT2D eigenvalue weighted by atomic mass is 10.1. The van der Waals surface area contributed by atoms with Crippen molar-refractivity contribution in [3.63, 3.8) is 0 Å². The highest BCUT2D eigenvalue weighted by Crippen LogP contribution is 2.07. The molecule has 0 fully saturated rings. The summed E-state index contributed by atoms with van der Waals surface area (Å²) in [5.41, 5.74) is 4.55. The average Bonchev–Trinajstić information content (AvgIpc) is 2.34. The highest BCUT2D eigenvalue weighted by Gasteiger charge is 2.02. The molecule has 2 N–H and O–H groups in total. The van der Waals surface area contributed by atoms with Gasteiger partial charge in [-0.3, -0.25) is 20.4 Å². The standard InChI is InChI=1S/C12H23ClN2O2/c1-2-3-4-5-6-7-8-9-11(16)14-15-12(17)10-13/h2-10H2,1H3,(H,14,16)(H,15,17). The van der Waals surface area contributed by atoms with Gasteiger partial charge in [-0.2, -0.15) is 0 Å². The Hall–Kier alpha value is -0.770. The topological polar surface area (TPSA) is 58.2 Å². The van der Waals surface area contributed by atoms with E-state index >= 15 is 0 Å². The highest BCUT2D eigenvalue weighted by atomic mass is 35.5. The number of alkyl halides is 1. The number of halogens is 1. The fourth-order valence-electron chi connectivity index (χ4n) is 1.48. The van der Waals surface area contributed by atoms with E-state index in [2.05, 4.69) is 17.8 Å². The van der Waals surface area contributed by atoms with E-state index in [0.29, 0.717) is 6.42 Å². The molecule has 0 heterocycles. The van der Waals surface area contributed by atoms with Gasteiger partial charge < -0.3 is 0 Å². The summed E-state index contributed by atoms with van der Waals surface area (Å²) < 4.78 is 0. The van der Waals surface area contributed by atoms with E-state index in [9.17, 15) is 9.59 Å². The fraction of sp³-hybridized carbons (Fsp3) is 0.833. The smallest absolute Gasteiger partial charge is 0.253 e. The Balaban J connectivity index is 3.25. The lowest BCUT2D eigenvalue weighted by molar-refractivity contribution is -0.127. The average molecular weight is 263 g/mol. The van der Waals surface area contributed by atoms with Gasteiger partial charge >= 0.3 is 0 Å². The molecular weight excluding hydrogens is 240 g/mol. The number of unbranched alkanes of at least 4 members (excludes halogenated alkanes) is 6. The molecule has 0 saturated carbocycles. The normalized spacial score (nSPS) is 10.0. The molecule has 100 valence electrons. The summed E-state index contributed by atoms with van der Waals surface area (Å²) in [7, 11) is 0. The molecule has 0 aliphatic heterocycles. The van der Waals surface area contributed by atoms with Crippen LogP contribution in [-0.2, 0) is 9.59 Å². The first-order valence-electron chi connectivity index (χ1n) is 6.34. The van der Waals surface area contributed by atoms with Gasteiger partial charge in [0.15, 0.2) is 0 Å². The maximum Gasteiger partial charge on any atom is 0.253 e. The van der Waals surface area contributed by atoms with E-state index in [1.165, 1.54) is 32.1 Å². The van der Waals surface area contributed by atoms with Gasteiger partial charge in [0.25, 0.3) is 5.91 Å². The predicted molar refractivity (Wildman–Crippen MR) is 69.6 cm³/mol. The van der Waals surface area contributed by atoms with E-state index in [4.69, 9.17) is 11.6 Å². The molecule has 0 radical (unpaired) electrons. The second-order valence-corrected chi connectivity index (χ2v) is 4.37. The van der Waals surface area contributed by atoms with Gasteiger partial charge in [0.05, 0.1) is 0 Å². The molecule has 0 spiro atoms. The summed E-state index contributed by atoms with van der Waals surface area (Å²) in [4.78, 5) is 22.0. The zero-order chi connectivity index (χ0) is 12.9. The number of hydrazine groups is 1. The fourth-order valence-corrected chi connectivity index (χ4v) is 1.54. The van der Waals surface area contributed by atoms with Crippen LogP contribution in [0.3, 0.4) is 0 Å². The van der Waals surface area contributed by atoms with E-state index in [-0.39, 0.29) is 17.7 Å². The van der Waals surface area contributed by atoms with Gasteiger partial charge in [-0.25, -0.2) is 0 Å². The van der Waals surface area contributed by atoms with Crippen molar-refractivity contribution in [3.05, 3.63) is 0 Å². The summed E-state index contributed by atoms with van der Waals surface area (Å²) in [6.45, 7) is 2.19. The van der Waals surface area contributed by atoms with Crippen molar-refractivity contribution in [3.8, 4) is 0 Å². The van der Waals surface area contributed by atoms with Crippen LogP contribution in [0.5, 0.6) is 0 Å². The minimum absolute atomic E-state index is 0.141. The molecule has 0 aromatic heterocycles. The van der Waals surface area contributed by atoms with Crippen LogP contribution in [-0.4, -0.2) is 17.7 Å². The molecule has 2 amide bonds. The summed E-state index contributed by atoms with van der Waals surface area (Å²) in [5, 5.41) is 0. The van der Waals surface area contributed by atoms with Gasteiger partial charge in [0, 0.05) is 6.42 Å². The number of hydrogen-bond acceptors (Lipinski definition) is 2. The highest BCUT2D eigenvalue weighted by molar-refractivity contribution is 6.27. The first-order chi connectivity index (χ1) is 8.20. The van der Waals surface area contributed by atoms with Crippen LogP contribution in [0.4, 0.5) is 0 Å². The maximum absolute atomic E-state index is 11.2. The van der Waals surface area contributed by atoms with E-state index in [1.54, 1.807) is 0 Å². The zero-order valence-electron chi connectivity index (χ0n) is 10.6. The SMILES string of the molecule is CCCCCCCCCC(=O)NNC(=O)CCl. The molecule has 0 aliphatic rings. The molecular formula is C12H23ClN2O2. The summed E-state index contributed by atoms with van der Waals surface area (Å²) in [5.74, 6) is -0.686. The van der Waals surface area contributed by atoms with Crippen LogP contribution in [0.15, 0.2) is 0 Å². The Bertz CT molecular complexity index is 223. The lowest BCUT2D eigenvalue weighted by Gasteiger charge is -2.05. The number of rotatable bonds is 9. The molecule has 0 aliphatic carbocycles. The van der Waals surface area contributed by atoms with Gasteiger partial charge in [-0.05, 0) is 6.42 Å². The van der Waals surface area contributed by atoms with Gasteiger partial charge in [0.1, 0.15) is 5.88 Å². The van der Waals surface area contributed by atoms with Crippen LogP contribution < -0.4 is 10.9 Å². The molecule has 0 aromatic rings. The van der Waals surface area contributed by atoms with Crippen molar-refractivity contribution in [2.24, 2.45) is 0 Å². The molecule has 0 saturated heterocycles. The molecule has 0 aromatic carbocycles. The van der Waals surface area contributed by atoms with E-state index in [0.717, 1.165) is 12.8 Å². The van der Waals surface area contributed by atoms with Crippen LogP contribution in [0.2, 0.25) is 0 Å². The summed E-state index contributed by atoms with van der Waals surface area (Å²) in [6.07, 6.45) is 8.66. The van der Waals surface area contributed by atoms with Gasteiger partial charge in [0.2, 0.25) is 5.91 Å². The number of hydrogen-bond donors (Lipinski definition) is 2. The first-order valence-corrected chi connectivity index (χ1v) is 6.87. The monoisotopic (exact) mass is 262 g/mol. The Kier molecular flexibility index (Phi) is 11.2. The van der Waals surface area contributed by atoms with Crippen LogP contribution in [0, 0.1) is 0 Å². The van der Waals surface area contributed by atoms with Crippen molar-refractivity contribution < 1.29 is 9.59 Å². The van der Waals surface area contributed by atoms with Crippen molar-refractivity contribution in [1.29, 1.82) is 0 Å². The zero-order valence-corrected chi connectivity index (χ0v) is 11.3. The molecule has 5 heteroatoms. The minimum Gasteiger partial charge on any atom is -0.273 e. The van der Waals surface area contributed by atoms with Crippen molar-refractivity contribution in [2.45, 2.75) is 58.3 Å². The largest absolute Gasteiger partial charge is 0.273 e. The van der Waals surface area contributed by atoms with Crippen LogP contribution in [0.25, 0.3) is 0 Å². The molecule has 17 heavy (non-hydrogen) atoms.